The Labute approximate surface area is 123 Å². The lowest BCUT2D eigenvalue weighted by molar-refractivity contribution is 0.0525. The SMILES string of the molecule is Cc1cccc(C(=O)NCC(C)(O)c2cnn(C)c2)c1O. The molecular formula is C15H19N3O3. The Hall–Kier alpha value is -2.34. The fourth-order valence-corrected chi connectivity index (χ4v) is 1.99. The molecule has 0 radical (unpaired) electrons. The molecule has 1 unspecified atom stereocenters. The molecule has 1 aromatic heterocycles. The van der Waals surface area contributed by atoms with Crippen molar-refractivity contribution in [2.45, 2.75) is 19.4 Å². The van der Waals surface area contributed by atoms with E-state index in [1.165, 1.54) is 6.07 Å². The number of amides is 1. The summed E-state index contributed by atoms with van der Waals surface area (Å²) >= 11 is 0. The summed E-state index contributed by atoms with van der Waals surface area (Å²) < 4.78 is 1.58. The Balaban J connectivity index is 2.09. The van der Waals surface area contributed by atoms with Crippen molar-refractivity contribution < 1.29 is 15.0 Å². The number of carbonyl (C=O) groups excluding carboxylic acids is 1. The summed E-state index contributed by atoms with van der Waals surface area (Å²) in [6, 6.07) is 4.96. The fourth-order valence-electron chi connectivity index (χ4n) is 1.99. The third kappa shape index (κ3) is 3.22. The van der Waals surface area contributed by atoms with Crippen LogP contribution in [0.25, 0.3) is 0 Å². The number of carbonyl (C=O) groups is 1. The van der Waals surface area contributed by atoms with Crippen LogP contribution in [0.5, 0.6) is 5.75 Å². The van der Waals surface area contributed by atoms with Gasteiger partial charge in [-0.05, 0) is 25.5 Å². The molecule has 0 aliphatic carbocycles. The zero-order valence-corrected chi connectivity index (χ0v) is 12.3. The highest BCUT2D eigenvalue weighted by Gasteiger charge is 2.26. The lowest BCUT2D eigenvalue weighted by Gasteiger charge is -2.22. The van der Waals surface area contributed by atoms with Gasteiger partial charge < -0.3 is 15.5 Å². The van der Waals surface area contributed by atoms with E-state index in [9.17, 15) is 15.0 Å². The van der Waals surface area contributed by atoms with Crippen molar-refractivity contribution in [2.24, 2.45) is 7.05 Å². The minimum absolute atomic E-state index is 0.0188. The van der Waals surface area contributed by atoms with Crippen LogP contribution in [0.2, 0.25) is 0 Å². The molecule has 1 amide bonds. The summed E-state index contributed by atoms with van der Waals surface area (Å²) in [6.07, 6.45) is 3.24. The molecule has 6 heteroatoms. The molecule has 2 rings (SSSR count). The highest BCUT2D eigenvalue weighted by Crippen LogP contribution is 2.22. The third-order valence-electron chi connectivity index (χ3n) is 3.40. The molecule has 1 atom stereocenters. The van der Waals surface area contributed by atoms with Gasteiger partial charge >= 0.3 is 0 Å². The lowest BCUT2D eigenvalue weighted by Crippen LogP contribution is -2.38. The predicted octanol–water partition coefficient (Wildman–Crippen LogP) is 1.07. The standard InChI is InChI=1S/C15H19N3O3/c1-10-5-4-6-12(13(10)19)14(20)16-9-15(2,21)11-7-17-18(3)8-11/h4-8,19,21H,9H2,1-3H3,(H,16,20). The third-order valence-corrected chi connectivity index (χ3v) is 3.40. The summed E-state index contributed by atoms with van der Waals surface area (Å²) in [4.78, 5) is 12.1. The first-order valence-electron chi connectivity index (χ1n) is 6.59. The second-order valence-electron chi connectivity index (χ2n) is 5.33. The molecule has 1 aromatic carbocycles. The number of hydrogen-bond acceptors (Lipinski definition) is 4. The normalized spacial score (nSPS) is 13.7. The maximum atomic E-state index is 12.1. The summed E-state index contributed by atoms with van der Waals surface area (Å²) in [5.41, 5.74) is 0.195. The van der Waals surface area contributed by atoms with Gasteiger partial charge in [-0.15, -0.1) is 0 Å². The van der Waals surface area contributed by atoms with E-state index >= 15 is 0 Å². The predicted molar refractivity (Wildman–Crippen MR) is 78.0 cm³/mol. The van der Waals surface area contributed by atoms with Gasteiger partial charge in [0.15, 0.2) is 0 Å². The number of phenolic OH excluding ortho intramolecular Hbond substituents is 1. The van der Waals surface area contributed by atoms with Crippen LogP contribution in [-0.4, -0.2) is 32.4 Å². The van der Waals surface area contributed by atoms with Crippen molar-refractivity contribution in [1.29, 1.82) is 0 Å². The fraction of sp³-hybridized carbons (Fsp3) is 0.333. The number of benzene rings is 1. The van der Waals surface area contributed by atoms with Crippen LogP contribution in [0.3, 0.4) is 0 Å². The first kappa shape index (κ1) is 15.1. The van der Waals surface area contributed by atoms with E-state index in [4.69, 9.17) is 0 Å². The Morgan fingerprint density at radius 2 is 2.19 bits per heavy atom. The van der Waals surface area contributed by atoms with Crippen molar-refractivity contribution in [3.63, 3.8) is 0 Å². The summed E-state index contributed by atoms with van der Waals surface area (Å²) in [6.45, 7) is 3.34. The smallest absolute Gasteiger partial charge is 0.255 e. The molecule has 3 N–H and O–H groups in total. The van der Waals surface area contributed by atoms with E-state index in [1.807, 2.05) is 0 Å². The van der Waals surface area contributed by atoms with E-state index in [-0.39, 0.29) is 17.9 Å². The van der Waals surface area contributed by atoms with Gasteiger partial charge in [0.2, 0.25) is 0 Å². The second-order valence-corrected chi connectivity index (χ2v) is 5.33. The summed E-state index contributed by atoms with van der Waals surface area (Å²) in [5, 5.41) is 26.9. The molecule has 21 heavy (non-hydrogen) atoms. The van der Waals surface area contributed by atoms with E-state index < -0.39 is 11.5 Å². The van der Waals surface area contributed by atoms with Crippen LogP contribution >= 0.6 is 0 Å². The number of nitrogens with zero attached hydrogens (tertiary/aromatic N) is 2. The van der Waals surface area contributed by atoms with Gasteiger partial charge in [-0.2, -0.15) is 5.10 Å². The maximum Gasteiger partial charge on any atom is 0.255 e. The van der Waals surface area contributed by atoms with Crippen LogP contribution in [0.4, 0.5) is 0 Å². The first-order valence-corrected chi connectivity index (χ1v) is 6.59. The largest absolute Gasteiger partial charge is 0.507 e. The number of aryl methyl sites for hydroxylation is 2. The number of aromatic nitrogens is 2. The first-order chi connectivity index (χ1) is 9.81. The van der Waals surface area contributed by atoms with E-state index in [0.29, 0.717) is 11.1 Å². The van der Waals surface area contributed by atoms with Gasteiger partial charge in [-0.25, -0.2) is 0 Å². The van der Waals surface area contributed by atoms with E-state index in [1.54, 1.807) is 50.1 Å². The zero-order valence-electron chi connectivity index (χ0n) is 12.3. The average Bonchev–Trinajstić information content (AvgIpc) is 2.87. The molecule has 112 valence electrons. The molecule has 0 bridgehead atoms. The molecule has 0 saturated heterocycles. The maximum absolute atomic E-state index is 12.1. The number of aliphatic hydroxyl groups is 1. The van der Waals surface area contributed by atoms with Crippen LogP contribution in [0.1, 0.15) is 28.4 Å². The molecular weight excluding hydrogens is 270 g/mol. The number of nitrogens with one attached hydrogen (secondary N) is 1. The van der Waals surface area contributed by atoms with Gasteiger partial charge in [-0.1, -0.05) is 12.1 Å². The Morgan fingerprint density at radius 1 is 1.48 bits per heavy atom. The summed E-state index contributed by atoms with van der Waals surface area (Å²) in [7, 11) is 1.75. The lowest BCUT2D eigenvalue weighted by atomic mass is 9.99. The summed E-state index contributed by atoms with van der Waals surface area (Å²) in [5.74, 6) is -0.476. The van der Waals surface area contributed by atoms with Gasteiger partial charge in [0.25, 0.3) is 5.91 Å². The van der Waals surface area contributed by atoms with Crippen molar-refractivity contribution in [3.05, 3.63) is 47.3 Å². The van der Waals surface area contributed by atoms with Crippen LogP contribution in [-0.2, 0) is 12.6 Å². The zero-order chi connectivity index (χ0) is 15.6. The van der Waals surface area contributed by atoms with E-state index in [2.05, 4.69) is 10.4 Å². The monoisotopic (exact) mass is 289 g/mol. The number of aromatic hydroxyl groups is 1. The second kappa shape index (κ2) is 5.57. The highest BCUT2D eigenvalue weighted by molar-refractivity contribution is 5.97. The quantitative estimate of drug-likeness (QED) is 0.785. The molecule has 1 heterocycles. The minimum Gasteiger partial charge on any atom is -0.507 e. The van der Waals surface area contributed by atoms with Crippen molar-refractivity contribution >= 4 is 5.91 Å². The Morgan fingerprint density at radius 3 is 2.81 bits per heavy atom. The molecule has 0 aliphatic heterocycles. The van der Waals surface area contributed by atoms with Gasteiger partial charge in [-0.3, -0.25) is 9.48 Å². The van der Waals surface area contributed by atoms with E-state index in [0.717, 1.165) is 0 Å². The van der Waals surface area contributed by atoms with Crippen LogP contribution < -0.4 is 5.32 Å². The number of phenols is 1. The van der Waals surface area contributed by atoms with Crippen LogP contribution in [0, 0.1) is 6.92 Å². The number of rotatable bonds is 4. The average molecular weight is 289 g/mol. The minimum atomic E-state index is -1.23. The molecule has 2 aromatic rings. The van der Waals surface area contributed by atoms with Crippen molar-refractivity contribution in [3.8, 4) is 5.75 Å². The highest BCUT2D eigenvalue weighted by atomic mass is 16.3. The Kier molecular flexibility index (Phi) is 3.99. The molecule has 0 fully saturated rings. The van der Waals surface area contributed by atoms with Crippen LogP contribution in [0.15, 0.2) is 30.6 Å². The van der Waals surface area contributed by atoms with Gasteiger partial charge in [0.1, 0.15) is 11.4 Å². The van der Waals surface area contributed by atoms with Crippen molar-refractivity contribution in [1.82, 2.24) is 15.1 Å². The van der Waals surface area contributed by atoms with Crippen molar-refractivity contribution in [2.75, 3.05) is 6.54 Å². The molecule has 0 spiro atoms. The van der Waals surface area contributed by atoms with Gasteiger partial charge in [0.05, 0.1) is 18.3 Å². The van der Waals surface area contributed by atoms with Gasteiger partial charge in [0, 0.05) is 18.8 Å². The number of para-hydroxylation sites is 1. The molecule has 0 saturated carbocycles. The number of hydrogen-bond donors (Lipinski definition) is 3. The molecule has 6 nitrogen and oxygen atoms in total. The molecule has 0 aliphatic rings. The topological polar surface area (TPSA) is 87.4 Å². The Bertz CT molecular complexity index is 662.